The van der Waals surface area contributed by atoms with Gasteiger partial charge in [-0.1, -0.05) is 24.6 Å². The Morgan fingerprint density at radius 1 is 1.23 bits per heavy atom. The molecular formula is C19H20ClFN6O3. The fraction of sp³-hybridized carbons (Fsp3) is 0.316. The molecule has 0 spiro atoms. The number of rotatable bonds is 7. The van der Waals surface area contributed by atoms with Crippen molar-refractivity contribution in [1.29, 1.82) is 0 Å². The smallest absolute Gasteiger partial charge is 0.358 e. The lowest BCUT2D eigenvalue weighted by atomic mass is 10.1. The highest BCUT2D eigenvalue weighted by atomic mass is 35.5. The number of nitro groups is 1. The second kappa shape index (κ2) is 8.62. The maximum Gasteiger partial charge on any atom is 0.390 e. The third-order valence-corrected chi connectivity index (χ3v) is 4.97. The van der Waals surface area contributed by atoms with E-state index < -0.39 is 16.7 Å². The van der Waals surface area contributed by atoms with E-state index >= 15 is 0 Å². The van der Waals surface area contributed by atoms with Crippen molar-refractivity contribution in [3.63, 3.8) is 0 Å². The van der Waals surface area contributed by atoms with Crippen LogP contribution in [0.25, 0.3) is 0 Å². The van der Waals surface area contributed by atoms with Crippen LogP contribution in [0.3, 0.4) is 0 Å². The van der Waals surface area contributed by atoms with Crippen molar-refractivity contribution in [1.82, 2.24) is 19.6 Å². The van der Waals surface area contributed by atoms with Crippen LogP contribution in [-0.2, 0) is 17.9 Å². The summed E-state index contributed by atoms with van der Waals surface area (Å²) < 4.78 is 16.3. The van der Waals surface area contributed by atoms with Crippen molar-refractivity contribution >= 4 is 29.1 Å². The van der Waals surface area contributed by atoms with Crippen molar-refractivity contribution < 1.29 is 14.1 Å². The van der Waals surface area contributed by atoms with Gasteiger partial charge >= 0.3 is 5.82 Å². The summed E-state index contributed by atoms with van der Waals surface area (Å²) >= 11 is 6.07. The van der Waals surface area contributed by atoms with Crippen LogP contribution < -0.4 is 5.32 Å². The number of anilines is 1. The van der Waals surface area contributed by atoms with Gasteiger partial charge in [0.25, 0.3) is 0 Å². The minimum absolute atomic E-state index is 0.191. The van der Waals surface area contributed by atoms with Gasteiger partial charge in [0.05, 0.1) is 35.9 Å². The van der Waals surface area contributed by atoms with Crippen LogP contribution in [0.15, 0.2) is 30.3 Å². The number of hydrogen-bond donors (Lipinski definition) is 1. The van der Waals surface area contributed by atoms with E-state index in [1.807, 2.05) is 6.92 Å². The molecule has 30 heavy (non-hydrogen) atoms. The van der Waals surface area contributed by atoms with E-state index in [0.717, 1.165) is 5.69 Å². The van der Waals surface area contributed by atoms with Crippen LogP contribution in [0.5, 0.6) is 0 Å². The van der Waals surface area contributed by atoms with E-state index in [9.17, 15) is 19.3 Å². The molecule has 0 saturated heterocycles. The van der Waals surface area contributed by atoms with Gasteiger partial charge in [0, 0.05) is 16.8 Å². The van der Waals surface area contributed by atoms with Crippen molar-refractivity contribution in [3.8, 4) is 0 Å². The highest BCUT2D eigenvalue weighted by Gasteiger charge is 2.21. The van der Waals surface area contributed by atoms with E-state index in [0.29, 0.717) is 28.6 Å². The third-order valence-electron chi connectivity index (χ3n) is 4.62. The van der Waals surface area contributed by atoms with E-state index in [4.69, 9.17) is 11.6 Å². The monoisotopic (exact) mass is 434 g/mol. The summed E-state index contributed by atoms with van der Waals surface area (Å²) in [7, 11) is 0. The molecule has 1 amide bonds. The first-order chi connectivity index (χ1) is 14.1. The van der Waals surface area contributed by atoms with Crippen LogP contribution in [0.1, 0.15) is 23.9 Å². The molecule has 0 radical (unpaired) electrons. The molecular weight excluding hydrogens is 415 g/mol. The predicted octanol–water partition coefficient (Wildman–Crippen LogP) is 3.72. The Balaban J connectivity index is 1.66. The topological polar surface area (TPSA) is 108 Å². The molecule has 0 aliphatic rings. The van der Waals surface area contributed by atoms with Gasteiger partial charge in [-0.25, -0.2) is 4.39 Å². The zero-order valence-electron chi connectivity index (χ0n) is 16.6. The second-order valence-corrected chi connectivity index (χ2v) is 7.44. The number of aryl methyl sites for hydroxylation is 2. The highest BCUT2D eigenvalue weighted by molar-refractivity contribution is 6.31. The first kappa shape index (κ1) is 21.4. The van der Waals surface area contributed by atoms with Crippen molar-refractivity contribution in [2.45, 2.75) is 33.9 Å². The molecule has 2 heterocycles. The molecule has 0 aliphatic carbocycles. The molecule has 9 nitrogen and oxygen atoms in total. The molecule has 0 aliphatic heterocycles. The van der Waals surface area contributed by atoms with Crippen LogP contribution in [-0.4, -0.2) is 30.4 Å². The summed E-state index contributed by atoms with van der Waals surface area (Å²) in [5.74, 6) is -1.10. The van der Waals surface area contributed by atoms with Gasteiger partial charge in [0.2, 0.25) is 5.91 Å². The van der Waals surface area contributed by atoms with Crippen LogP contribution in [0.2, 0.25) is 5.02 Å². The standard InChI is InChI=1S/C19H20ClFN6O3/c1-11(9-25-13(3)7-18(24-25)27(29)30)19(28)22-17-6-12(2)26(23-17)10-14-4-5-15(21)8-16(14)20/h4-8,11H,9-10H2,1-3H3,(H,22,23,28). The molecule has 11 heteroatoms. The third kappa shape index (κ3) is 4.82. The molecule has 0 saturated carbocycles. The first-order valence-corrected chi connectivity index (χ1v) is 9.50. The van der Waals surface area contributed by atoms with Gasteiger partial charge in [0.1, 0.15) is 5.82 Å². The maximum absolute atomic E-state index is 13.2. The van der Waals surface area contributed by atoms with Crippen LogP contribution in [0.4, 0.5) is 16.0 Å². The minimum atomic E-state index is -0.572. The van der Waals surface area contributed by atoms with Crippen molar-refractivity contribution in [2.24, 2.45) is 5.92 Å². The molecule has 158 valence electrons. The summed E-state index contributed by atoms with van der Waals surface area (Å²) in [5, 5.41) is 22.1. The molecule has 3 aromatic rings. The van der Waals surface area contributed by atoms with E-state index in [-0.39, 0.29) is 18.3 Å². The predicted molar refractivity (Wildman–Crippen MR) is 109 cm³/mol. The first-order valence-electron chi connectivity index (χ1n) is 9.12. The summed E-state index contributed by atoms with van der Waals surface area (Å²) in [4.78, 5) is 22.8. The Labute approximate surface area is 176 Å². The molecule has 1 atom stereocenters. The number of amides is 1. The molecule has 1 N–H and O–H groups in total. The summed E-state index contributed by atoms with van der Waals surface area (Å²) in [6.45, 7) is 5.74. The Kier molecular flexibility index (Phi) is 6.16. The van der Waals surface area contributed by atoms with E-state index in [1.54, 1.807) is 30.7 Å². The zero-order chi connectivity index (χ0) is 22.0. The summed E-state index contributed by atoms with van der Waals surface area (Å²) in [6, 6.07) is 7.22. The Morgan fingerprint density at radius 2 is 1.93 bits per heavy atom. The van der Waals surface area contributed by atoms with Crippen LogP contribution in [0, 0.1) is 35.7 Å². The molecule has 1 unspecified atom stereocenters. The normalized spacial score (nSPS) is 12.0. The zero-order valence-corrected chi connectivity index (χ0v) is 17.4. The van der Waals surface area contributed by atoms with Crippen molar-refractivity contribution in [3.05, 3.63) is 68.2 Å². The number of benzene rings is 1. The fourth-order valence-corrected chi connectivity index (χ4v) is 3.13. The number of nitrogens with one attached hydrogen (secondary N) is 1. The van der Waals surface area contributed by atoms with E-state index in [2.05, 4.69) is 15.5 Å². The Bertz CT molecular complexity index is 1110. The Morgan fingerprint density at radius 3 is 2.57 bits per heavy atom. The molecule has 0 bridgehead atoms. The lowest BCUT2D eigenvalue weighted by Crippen LogP contribution is -2.25. The van der Waals surface area contributed by atoms with E-state index in [1.165, 1.54) is 22.9 Å². The van der Waals surface area contributed by atoms with Gasteiger partial charge < -0.3 is 15.4 Å². The minimum Gasteiger partial charge on any atom is -0.358 e. The van der Waals surface area contributed by atoms with Crippen LogP contribution >= 0.6 is 11.6 Å². The lowest BCUT2D eigenvalue weighted by Gasteiger charge is -2.10. The van der Waals surface area contributed by atoms with Gasteiger partial charge in [-0.05, 0) is 36.5 Å². The average Bonchev–Trinajstić information content (AvgIpc) is 3.20. The average molecular weight is 435 g/mol. The summed E-state index contributed by atoms with van der Waals surface area (Å²) in [5.41, 5.74) is 2.08. The number of carbonyl (C=O) groups is 1. The molecule has 3 rings (SSSR count). The number of nitrogens with zero attached hydrogens (tertiary/aromatic N) is 5. The molecule has 0 fully saturated rings. The summed E-state index contributed by atoms with van der Waals surface area (Å²) in [6.07, 6.45) is 0. The largest absolute Gasteiger partial charge is 0.390 e. The number of hydrogen-bond acceptors (Lipinski definition) is 5. The highest BCUT2D eigenvalue weighted by Crippen LogP contribution is 2.20. The lowest BCUT2D eigenvalue weighted by molar-refractivity contribution is -0.389. The molecule has 2 aromatic heterocycles. The SMILES string of the molecule is Cc1cc(NC(=O)C(C)Cn2nc([N+](=O)[O-])cc2C)nn1Cc1ccc(F)cc1Cl. The Hall–Kier alpha value is -3.27. The number of halogens is 2. The maximum atomic E-state index is 13.2. The number of aromatic nitrogens is 4. The second-order valence-electron chi connectivity index (χ2n) is 7.04. The van der Waals surface area contributed by atoms with Crippen molar-refractivity contribution in [2.75, 3.05) is 5.32 Å². The fourth-order valence-electron chi connectivity index (χ4n) is 2.90. The number of carbonyl (C=O) groups excluding carboxylic acids is 1. The molecule has 1 aromatic carbocycles. The quantitative estimate of drug-likeness (QED) is 0.450. The van der Waals surface area contributed by atoms with Gasteiger partial charge in [-0.15, -0.1) is 0 Å². The van der Waals surface area contributed by atoms with Gasteiger partial charge in [0.15, 0.2) is 5.82 Å². The van der Waals surface area contributed by atoms with Gasteiger partial charge in [-0.2, -0.15) is 9.78 Å². The van der Waals surface area contributed by atoms with Gasteiger partial charge in [-0.3, -0.25) is 9.48 Å².